The van der Waals surface area contributed by atoms with E-state index < -0.39 is 0 Å². The predicted octanol–water partition coefficient (Wildman–Crippen LogP) is 4.05. The molecular weight excluding hydrogens is 321 g/mol. The van der Waals surface area contributed by atoms with Crippen molar-refractivity contribution in [2.75, 3.05) is 12.3 Å². The Morgan fingerprint density at radius 3 is 2.58 bits per heavy atom. The average Bonchev–Trinajstić information content (AvgIpc) is 2.89. The van der Waals surface area contributed by atoms with Crippen LogP contribution in [-0.2, 0) is 13.1 Å². The summed E-state index contributed by atoms with van der Waals surface area (Å²) in [4.78, 5) is 8.76. The normalized spacial score (nSPS) is 10.4. The van der Waals surface area contributed by atoms with Gasteiger partial charge in [0.1, 0.15) is 0 Å². The van der Waals surface area contributed by atoms with E-state index >= 15 is 0 Å². The Hall–Kier alpha value is -0.590. The second-order valence-corrected chi connectivity index (χ2v) is 6.78. The van der Waals surface area contributed by atoms with Gasteiger partial charge in [0.2, 0.25) is 0 Å². The first-order chi connectivity index (χ1) is 8.67. The molecule has 0 amide bonds. The smallest absolute Gasteiger partial charge is 0.180 e. The van der Waals surface area contributed by atoms with Gasteiger partial charge in [0, 0.05) is 35.6 Å². The standard InChI is InChI=1S/C12H14ClN3S2.ClH/c1-2-5-16(7-9-3-4-11(13)17-9)8-10-6-15-12(14)18-10;/h2-4,6H,1,5,7-8H2,(H2,14,15);1H. The second kappa shape index (κ2) is 7.87. The molecule has 0 radical (unpaired) electrons. The molecule has 0 aliphatic heterocycles. The van der Waals surface area contributed by atoms with Crippen LogP contribution in [0, 0.1) is 0 Å². The highest BCUT2D eigenvalue weighted by Gasteiger charge is 2.09. The van der Waals surface area contributed by atoms with Crippen molar-refractivity contribution < 1.29 is 0 Å². The lowest BCUT2D eigenvalue weighted by atomic mass is 10.3. The van der Waals surface area contributed by atoms with Gasteiger partial charge in [-0.2, -0.15) is 0 Å². The molecule has 2 rings (SSSR count). The number of thiophene rings is 1. The van der Waals surface area contributed by atoms with Gasteiger partial charge in [-0.3, -0.25) is 4.90 Å². The van der Waals surface area contributed by atoms with Gasteiger partial charge in [0.05, 0.1) is 4.34 Å². The van der Waals surface area contributed by atoms with Crippen molar-refractivity contribution in [1.29, 1.82) is 0 Å². The summed E-state index contributed by atoms with van der Waals surface area (Å²) in [7, 11) is 0. The Bertz CT molecular complexity index is 482. The highest BCUT2D eigenvalue weighted by Crippen LogP contribution is 2.24. The fourth-order valence-corrected chi connectivity index (χ4v) is 3.50. The van der Waals surface area contributed by atoms with Gasteiger partial charge in [-0.25, -0.2) is 4.98 Å². The van der Waals surface area contributed by atoms with Crippen molar-refractivity contribution in [3.8, 4) is 0 Å². The zero-order valence-electron chi connectivity index (χ0n) is 10.2. The summed E-state index contributed by atoms with van der Waals surface area (Å²) in [6.45, 7) is 6.31. The monoisotopic (exact) mass is 335 g/mol. The fraction of sp³-hybridized carbons (Fsp3) is 0.250. The molecule has 2 N–H and O–H groups in total. The molecule has 2 heterocycles. The molecule has 3 nitrogen and oxygen atoms in total. The molecule has 19 heavy (non-hydrogen) atoms. The largest absolute Gasteiger partial charge is 0.375 e. The summed E-state index contributed by atoms with van der Waals surface area (Å²) in [6.07, 6.45) is 3.73. The van der Waals surface area contributed by atoms with Crippen LogP contribution >= 0.6 is 46.7 Å². The highest BCUT2D eigenvalue weighted by atomic mass is 35.5. The topological polar surface area (TPSA) is 42.2 Å². The minimum atomic E-state index is 0. The fourth-order valence-electron chi connectivity index (χ4n) is 1.64. The molecule has 0 saturated heterocycles. The number of anilines is 1. The Balaban J connectivity index is 0.00000180. The number of nitrogens with zero attached hydrogens (tertiary/aromatic N) is 2. The number of nitrogens with two attached hydrogens (primary N) is 1. The summed E-state index contributed by atoms with van der Waals surface area (Å²) in [5.74, 6) is 0. The number of halogens is 2. The van der Waals surface area contributed by atoms with Crippen molar-refractivity contribution >= 4 is 51.8 Å². The lowest BCUT2D eigenvalue weighted by Gasteiger charge is -2.18. The van der Waals surface area contributed by atoms with Gasteiger partial charge in [-0.05, 0) is 12.1 Å². The number of hydrogen-bond donors (Lipinski definition) is 1. The molecule has 0 aliphatic rings. The summed E-state index contributed by atoms with van der Waals surface area (Å²) in [6, 6.07) is 3.99. The van der Waals surface area contributed by atoms with Gasteiger partial charge in [-0.15, -0.1) is 41.7 Å². The van der Waals surface area contributed by atoms with Crippen LogP contribution in [0.15, 0.2) is 31.0 Å². The first-order valence-electron chi connectivity index (χ1n) is 5.45. The Kier molecular flexibility index (Phi) is 6.82. The van der Waals surface area contributed by atoms with Crippen LogP contribution in [0.2, 0.25) is 4.34 Å². The first kappa shape index (κ1) is 16.5. The van der Waals surface area contributed by atoms with Gasteiger partial charge in [0.25, 0.3) is 0 Å². The number of hydrogen-bond acceptors (Lipinski definition) is 5. The van der Waals surface area contributed by atoms with E-state index in [0.29, 0.717) is 5.13 Å². The highest BCUT2D eigenvalue weighted by molar-refractivity contribution is 7.16. The zero-order chi connectivity index (χ0) is 13.0. The lowest BCUT2D eigenvalue weighted by Crippen LogP contribution is -2.21. The van der Waals surface area contributed by atoms with Crippen LogP contribution in [0.1, 0.15) is 9.75 Å². The predicted molar refractivity (Wildman–Crippen MR) is 87.4 cm³/mol. The third kappa shape index (κ3) is 5.12. The van der Waals surface area contributed by atoms with Crippen molar-refractivity contribution in [1.82, 2.24) is 9.88 Å². The molecule has 2 aromatic heterocycles. The molecule has 0 unspecified atom stereocenters. The van der Waals surface area contributed by atoms with Gasteiger partial charge < -0.3 is 5.73 Å². The summed E-state index contributed by atoms with van der Waals surface area (Å²) < 4.78 is 0.825. The number of aromatic nitrogens is 1. The number of rotatable bonds is 6. The zero-order valence-corrected chi connectivity index (χ0v) is 13.4. The van der Waals surface area contributed by atoms with E-state index in [4.69, 9.17) is 17.3 Å². The maximum Gasteiger partial charge on any atom is 0.180 e. The number of thiazole rings is 1. The number of nitrogen functional groups attached to an aromatic ring is 1. The summed E-state index contributed by atoms with van der Waals surface area (Å²) in [5, 5.41) is 0.614. The van der Waals surface area contributed by atoms with Crippen molar-refractivity contribution in [3.63, 3.8) is 0 Å². The second-order valence-electron chi connectivity index (χ2n) is 3.83. The molecule has 0 spiro atoms. The van der Waals surface area contributed by atoms with Crippen LogP contribution < -0.4 is 5.73 Å². The van der Waals surface area contributed by atoms with Gasteiger partial charge in [-0.1, -0.05) is 17.7 Å². The van der Waals surface area contributed by atoms with E-state index in [0.717, 1.165) is 28.8 Å². The van der Waals surface area contributed by atoms with Crippen LogP contribution in [0.5, 0.6) is 0 Å². The summed E-state index contributed by atoms with van der Waals surface area (Å²) >= 11 is 9.08. The Labute approximate surface area is 132 Å². The molecule has 0 fully saturated rings. The van der Waals surface area contributed by atoms with Crippen LogP contribution in [0.3, 0.4) is 0 Å². The molecular formula is C12H15Cl2N3S2. The quantitative estimate of drug-likeness (QED) is 0.809. The molecule has 0 saturated carbocycles. The molecule has 0 aromatic carbocycles. The van der Waals surface area contributed by atoms with Crippen LogP contribution in [0.4, 0.5) is 5.13 Å². The molecule has 0 aliphatic carbocycles. The third-order valence-corrected chi connectivity index (χ3v) is 4.37. The van der Waals surface area contributed by atoms with E-state index in [1.165, 1.54) is 16.2 Å². The molecule has 2 aromatic rings. The van der Waals surface area contributed by atoms with Crippen molar-refractivity contribution in [3.05, 3.63) is 45.1 Å². The molecule has 7 heteroatoms. The Morgan fingerprint density at radius 2 is 2.05 bits per heavy atom. The van der Waals surface area contributed by atoms with E-state index in [2.05, 4.69) is 22.5 Å². The summed E-state index contributed by atoms with van der Waals surface area (Å²) in [5.41, 5.74) is 5.64. The van der Waals surface area contributed by atoms with Crippen LogP contribution in [0.25, 0.3) is 0 Å². The molecule has 0 atom stereocenters. The van der Waals surface area contributed by atoms with Gasteiger partial charge >= 0.3 is 0 Å². The Morgan fingerprint density at radius 1 is 1.32 bits per heavy atom. The van der Waals surface area contributed by atoms with E-state index in [-0.39, 0.29) is 12.4 Å². The minimum absolute atomic E-state index is 0. The average molecular weight is 336 g/mol. The van der Waals surface area contributed by atoms with E-state index in [9.17, 15) is 0 Å². The molecule has 0 bridgehead atoms. The van der Waals surface area contributed by atoms with E-state index in [1.54, 1.807) is 11.3 Å². The third-order valence-electron chi connectivity index (χ3n) is 2.35. The van der Waals surface area contributed by atoms with Crippen molar-refractivity contribution in [2.45, 2.75) is 13.1 Å². The lowest BCUT2D eigenvalue weighted by molar-refractivity contribution is 0.291. The van der Waals surface area contributed by atoms with Crippen LogP contribution in [-0.4, -0.2) is 16.4 Å². The van der Waals surface area contributed by atoms with Crippen molar-refractivity contribution in [2.24, 2.45) is 0 Å². The first-order valence-corrected chi connectivity index (χ1v) is 7.46. The molecule has 104 valence electrons. The van der Waals surface area contributed by atoms with E-state index in [1.807, 2.05) is 18.3 Å². The van der Waals surface area contributed by atoms with Gasteiger partial charge in [0.15, 0.2) is 5.13 Å². The minimum Gasteiger partial charge on any atom is -0.375 e. The maximum atomic E-state index is 5.94. The SMILES string of the molecule is C=CCN(Cc1ccc(Cl)s1)Cc1cnc(N)s1.Cl. The maximum absolute atomic E-state index is 5.94.